The summed E-state index contributed by atoms with van der Waals surface area (Å²) < 4.78 is 5.72. The number of carbonyl (C=O) groups excluding carboxylic acids is 1. The van der Waals surface area contributed by atoms with E-state index in [2.05, 4.69) is 18.6 Å². The molecule has 0 saturated carbocycles. The SMILES string of the molecule is COC(=O)c1cc([N+](=O)[O-])cn(CC(C)CC(C)C)c1=O. The van der Waals surface area contributed by atoms with Crippen molar-refractivity contribution < 1.29 is 14.5 Å². The van der Waals surface area contributed by atoms with E-state index in [0.717, 1.165) is 19.6 Å². The van der Waals surface area contributed by atoms with Gasteiger partial charge in [0.15, 0.2) is 0 Å². The van der Waals surface area contributed by atoms with Crippen LogP contribution >= 0.6 is 0 Å². The quantitative estimate of drug-likeness (QED) is 0.456. The highest BCUT2D eigenvalue weighted by Gasteiger charge is 2.20. The van der Waals surface area contributed by atoms with Gasteiger partial charge in [0.2, 0.25) is 0 Å². The van der Waals surface area contributed by atoms with Gasteiger partial charge < -0.3 is 9.30 Å². The molecule has 0 bridgehead atoms. The molecule has 1 rings (SSSR count). The average molecular weight is 296 g/mol. The Hall–Kier alpha value is -2.18. The molecule has 0 aromatic carbocycles. The number of carbonyl (C=O) groups is 1. The van der Waals surface area contributed by atoms with Gasteiger partial charge in [0.05, 0.1) is 18.2 Å². The minimum Gasteiger partial charge on any atom is -0.465 e. The Morgan fingerprint density at radius 3 is 2.52 bits per heavy atom. The first kappa shape index (κ1) is 16.9. The van der Waals surface area contributed by atoms with Gasteiger partial charge in [-0.1, -0.05) is 20.8 Å². The minimum absolute atomic E-state index is 0.162. The van der Waals surface area contributed by atoms with E-state index in [1.807, 2.05) is 6.92 Å². The van der Waals surface area contributed by atoms with E-state index in [4.69, 9.17) is 0 Å². The standard InChI is InChI=1S/C14H20N2O5/c1-9(2)5-10(3)7-15-8-11(16(19)20)6-12(13(15)17)14(18)21-4/h6,8-10H,5,7H2,1-4H3. The molecule has 0 radical (unpaired) electrons. The van der Waals surface area contributed by atoms with E-state index in [1.54, 1.807) is 0 Å². The number of aromatic nitrogens is 1. The number of pyridine rings is 1. The van der Waals surface area contributed by atoms with E-state index in [0.29, 0.717) is 12.5 Å². The third-order valence-corrected chi connectivity index (χ3v) is 3.07. The third-order valence-electron chi connectivity index (χ3n) is 3.07. The van der Waals surface area contributed by atoms with E-state index < -0.39 is 16.5 Å². The molecule has 1 heterocycles. The van der Waals surface area contributed by atoms with Crippen LogP contribution in [0.5, 0.6) is 0 Å². The first-order chi connectivity index (χ1) is 9.76. The molecule has 0 spiro atoms. The van der Waals surface area contributed by atoms with Gasteiger partial charge >= 0.3 is 5.97 Å². The van der Waals surface area contributed by atoms with Crippen molar-refractivity contribution in [1.82, 2.24) is 4.57 Å². The lowest BCUT2D eigenvalue weighted by atomic mass is 9.99. The lowest BCUT2D eigenvalue weighted by molar-refractivity contribution is -0.385. The van der Waals surface area contributed by atoms with E-state index in [9.17, 15) is 19.7 Å². The van der Waals surface area contributed by atoms with Crippen molar-refractivity contribution >= 4 is 11.7 Å². The maximum absolute atomic E-state index is 12.2. The van der Waals surface area contributed by atoms with Gasteiger partial charge in [0.25, 0.3) is 11.2 Å². The molecule has 7 nitrogen and oxygen atoms in total. The summed E-state index contributed by atoms with van der Waals surface area (Å²) in [5.41, 5.74) is -1.18. The van der Waals surface area contributed by atoms with E-state index >= 15 is 0 Å². The Bertz CT molecular complexity index is 592. The molecule has 116 valence electrons. The second kappa shape index (κ2) is 7.01. The monoisotopic (exact) mass is 296 g/mol. The molecule has 7 heteroatoms. The molecule has 0 amide bonds. The molecule has 1 aromatic rings. The lowest BCUT2D eigenvalue weighted by Crippen LogP contribution is -2.29. The van der Waals surface area contributed by atoms with Crippen LogP contribution in [0.25, 0.3) is 0 Å². The van der Waals surface area contributed by atoms with Gasteiger partial charge in [-0.2, -0.15) is 0 Å². The van der Waals surface area contributed by atoms with Crippen molar-refractivity contribution in [2.45, 2.75) is 33.7 Å². The van der Waals surface area contributed by atoms with Crippen LogP contribution in [0.4, 0.5) is 5.69 Å². The highest BCUT2D eigenvalue weighted by atomic mass is 16.6. The molecule has 0 N–H and O–H groups in total. The molecule has 1 atom stereocenters. The summed E-state index contributed by atoms with van der Waals surface area (Å²) in [7, 11) is 1.13. The van der Waals surface area contributed by atoms with Crippen molar-refractivity contribution in [3.8, 4) is 0 Å². The summed E-state index contributed by atoms with van der Waals surface area (Å²) in [6.07, 6.45) is 2.05. The molecule has 0 aliphatic rings. The highest BCUT2D eigenvalue weighted by Crippen LogP contribution is 2.15. The Balaban J connectivity index is 3.24. The van der Waals surface area contributed by atoms with E-state index in [-0.39, 0.29) is 17.2 Å². The fourth-order valence-corrected chi connectivity index (χ4v) is 2.33. The molecule has 0 aliphatic heterocycles. The number of ether oxygens (including phenoxy) is 1. The van der Waals surface area contributed by atoms with Crippen LogP contribution in [0.2, 0.25) is 0 Å². The van der Waals surface area contributed by atoms with Crippen LogP contribution in [0.1, 0.15) is 37.6 Å². The average Bonchev–Trinajstić information content (AvgIpc) is 2.38. The highest BCUT2D eigenvalue weighted by molar-refractivity contribution is 5.89. The summed E-state index contributed by atoms with van der Waals surface area (Å²) in [6.45, 7) is 6.41. The zero-order chi connectivity index (χ0) is 16.2. The number of esters is 1. The number of hydrogen-bond acceptors (Lipinski definition) is 5. The predicted molar refractivity (Wildman–Crippen MR) is 77.3 cm³/mol. The Kier molecular flexibility index (Phi) is 5.63. The van der Waals surface area contributed by atoms with Crippen molar-refractivity contribution in [1.29, 1.82) is 0 Å². The zero-order valence-electron chi connectivity index (χ0n) is 12.7. The summed E-state index contributed by atoms with van der Waals surface area (Å²) in [4.78, 5) is 34.1. The lowest BCUT2D eigenvalue weighted by Gasteiger charge is -2.15. The third kappa shape index (κ3) is 4.40. The Labute approximate surface area is 122 Å². The molecule has 21 heavy (non-hydrogen) atoms. The maximum atomic E-state index is 12.2. The molecule has 1 unspecified atom stereocenters. The van der Waals surface area contributed by atoms with Crippen LogP contribution < -0.4 is 5.56 Å². The van der Waals surface area contributed by atoms with Gasteiger partial charge in [0, 0.05) is 12.6 Å². The molecular formula is C14H20N2O5. The van der Waals surface area contributed by atoms with Crippen LogP contribution in [0.15, 0.2) is 17.1 Å². The van der Waals surface area contributed by atoms with Crippen molar-refractivity contribution in [3.63, 3.8) is 0 Å². The van der Waals surface area contributed by atoms with Gasteiger partial charge in [-0.3, -0.25) is 14.9 Å². The van der Waals surface area contributed by atoms with Crippen LogP contribution in [-0.2, 0) is 11.3 Å². The van der Waals surface area contributed by atoms with Gasteiger partial charge in [-0.05, 0) is 18.3 Å². The molecule has 0 aliphatic carbocycles. The van der Waals surface area contributed by atoms with Crippen LogP contribution in [0, 0.1) is 22.0 Å². The summed E-state index contributed by atoms with van der Waals surface area (Å²) in [5, 5.41) is 10.9. The molecule has 0 fully saturated rings. The second-order valence-corrected chi connectivity index (χ2v) is 5.55. The van der Waals surface area contributed by atoms with E-state index in [1.165, 1.54) is 10.8 Å². The fourth-order valence-electron chi connectivity index (χ4n) is 2.33. The Morgan fingerprint density at radius 1 is 1.43 bits per heavy atom. The Morgan fingerprint density at radius 2 is 2.05 bits per heavy atom. The fraction of sp³-hybridized carbons (Fsp3) is 0.571. The topological polar surface area (TPSA) is 91.4 Å². The first-order valence-electron chi connectivity index (χ1n) is 6.73. The van der Waals surface area contributed by atoms with Gasteiger partial charge in [-0.15, -0.1) is 0 Å². The summed E-state index contributed by atoms with van der Waals surface area (Å²) in [6, 6.07) is 0.956. The van der Waals surface area contributed by atoms with Crippen molar-refractivity contribution in [2.24, 2.45) is 11.8 Å². The number of nitro groups is 1. The predicted octanol–water partition coefficient (Wildman–Crippen LogP) is 2.23. The zero-order valence-corrected chi connectivity index (χ0v) is 12.7. The number of methoxy groups -OCH3 is 1. The van der Waals surface area contributed by atoms with Gasteiger partial charge in [0.1, 0.15) is 5.56 Å². The normalized spacial score (nSPS) is 12.2. The largest absolute Gasteiger partial charge is 0.465 e. The molecule has 0 saturated heterocycles. The van der Waals surface area contributed by atoms with Crippen molar-refractivity contribution in [3.05, 3.63) is 38.3 Å². The number of rotatable bonds is 6. The van der Waals surface area contributed by atoms with Crippen LogP contribution in [0.3, 0.4) is 0 Å². The summed E-state index contributed by atoms with van der Waals surface area (Å²) in [5.74, 6) is -0.251. The maximum Gasteiger partial charge on any atom is 0.343 e. The number of hydrogen-bond donors (Lipinski definition) is 0. The van der Waals surface area contributed by atoms with Crippen molar-refractivity contribution in [2.75, 3.05) is 7.11 Å². The van der Waals surface area contributed by atoms with Crippen LogP contribution in [-0.4, -0.2) is 22.6 Å². The smallest absolute Gasteiger partial charge is 0.343 e. The number of nitrogens with zero attached hydrogens (tertiary/aromatic N) is 2. The first-order valence-corrected chi connectivity index (χ1v) is 6.73. The molecule has 1 aromatic heterocycles. The minimum atomic E-state index is -0.867. The van der Waals surface area contributed by atoms with Gasteiger partial charge in [-0.25, -0.2) is 4.79 Å². The summed E-state index contributed by atoms with van der Waals surface area (Å²) >= 11 is 0. The molecular weight excluding hydrogens is 276 g/mol. The second-order valence-electron chi connectivity index (χ2n) is 5.55.